The van der Waals surface area contributed by atoms with Gasteiger partial charge in [0.15, 0.2) is 0 Å². The minimum absolute atomic E-state index is 0.0268. The lowest BCUT2D eigenvalue weighted by atomic mass is 9.81. The maximum absolute atomic E-state index is 6.35. The van der Waals surface area contributed by atoms with Crippen LogP contribution in [-0.4, -0.2) is 12.7 Å². The molecule has 1 spiro atoms. The second-order valence-corrected chi connectivity index (χ2v) is 5.67. The van der Waals surface area contributed by atoms with Crippen molar-refractivity contribution < 1.29 is 9.47 Å². The van der Waals surface area contributed by atoms with Crippen molar-refractivity contribution in [3.63, 3.8) is 0 Å². The monoisotopic (exact) mass is 247 g/mol. The zero-order valence-electron chi connectivity index (χ0n) is 11.1. The van der Waals surface area contributed by atoms with Gasteiger partial charge in [-0.1, -0.05) is 6.92 Å². The third-order valence-corrected chi connectivity index (χ3v) is 4.63. The summed E-state index contributed by atoms with van der Waals surface area (Å²) in [6, 6.07) is 6.01. The van der Waals surface area contributed by atoms with Gasteiger partial charge in [0.1, 0.15) is 17.1 Å². The third-order valence-electron chi connectivity index (χ3n) is 4.63. The smallest absolute Gasteiger partial charge is 0.125 e. The molecule has 2 N–H and O–H groups in total. The molecule has 1 heterocycles. The fourth-order valence-electron chi connectivity index (χ4n) is 3.45. The van der Waals surface area contributed by atoms with E-state index in [1.54, 1.807) is 7.11 Å². The van der Waals surface area contributed by atoms with Crippen molar-refractivity contribution in [2.45, 2.75) is 44.2 Å². The molecule has 98 valence electrons. The first-order valence-corrected chi connectivity index (χ1v) is 6.77. The van der Waals surface area contributed by atoms with Gasteiger partial charge in [-0.25, -0.2) is 0 Å². The van der Waals surface area contributed by atoms with Crippen LogP contribution in [0.15, 0.2) is 18.2 Å². The van der Waals surface area contributed by atoms with Crippen LogP contribution in [0.1, 0.15) is 44.2 Å². The average molecular weight is 247 g/mol. The van der Waals surface area contributed by atoms with E-state index in [-0.39, 0.29) is 11.6 Å². The molecule has 0 aromatic heterocycles. The lowest BCUT2D eigenvalue weighted by Crippen LogP contribution is -2.44. The molecule has 0 bridgehead atoms. The number of ether oxygens (including phenoxy) is 2. The lowest BCUT2D eigenvalue weighted by Gasteiger charge is -2.41. The molecule has 1 aliphatic carbocycles. The third kappa shape index (κ3) is 1.69. The lowest BCUT2D eigenvalue weighted by molar-refractivity contribution is 0.00657. The number of hydrogen-bond donors (Lipinski definition) is 1. The maximum atomic E-state index is 6.35. The Bertz CT molecular complexity index is 460. The number of methoxy groups -OCH3 is 1. The highest BCUT2D eigenvalue weighted by molar-refractivity contribution is 5.44. The predicted octanol–water partition coefficient (Wildman–Crippen LogP) is 3.04. The SMILES string of the molecule is COc1ccc2c(c1)[C@H](N)CC1(CCCC1C)O2. The number of hydrogen-bond acceptors (Lipinski definition) is 3. The molecule has 3 atom stereocenters. The van der Waals surface area contributed by atoms with Gasteiger partial charge in [-0.3, -0.25) is 0 Å². The maximum Gasteiger partial charge on any atom is 0.125 e. The van der Waals surface area contributed by atoms with Crippen molar-refractivity contribution in [1.29, 1.82) is 0 Å². The summed E-state index contributed by atoms with van der Waals surface area (Å²) in [4.78, 5) is 0. The van der Waals surface area contributed by atoms with Gasteiger partial charge in [0.2, 0.25) is 0 Å². The van der Waals surface area contributed by atoms with Crippen LogP contribution in [-0.2, 0) is 0 Å². The van der Waals surface area contributed by atoms with Gasteiger partial charge in [-0.05, 0) is 43.4 Å². The molecular formula is C15H21NO2. The molecule has 3 nitrogen and oxygen atoms in total. The van der Waals surface area contributed by atoms with E-state index in [1.807, 2.05) is 18.2 Å². The molecule has 1 fully saturated rings. The second-order valence-electron chi connectivity index (χ2n) is 5.67. The van der Waals surface area contributed by atoms with Crippen molar-refractivity contribution in [2.75, 3.05) is 7.11 Å². The molecule has 0 saturated heterocycles. The normalized spacial score (nSPS) is 34.2. The van der Waals surface area contributed by atoms with Gasteiger partial charge in [0.05, 0.1) is 7.11 Å². The van der Waals surface area contributed by atoms with E-state index in [0.717, 1.165) is 29.9 Å². The van der Waals surface area contributed by atoms with E-state index >= 15 is 0 Å². The molecule has 3 rings (SSSR count). The van der Waals surface area contributed by atoms with Crippen LogP contribution in [0.25, 0.3) is 0 Å². The van der Waals surface area contributed by atoms with E-state index in [4.69, 9.17) is 15.2 Å². The van der Waals surface area contributed by atoms with Gasteiger partial charge in [-0.2, -0.15) is 0 Å². The topological polar surface area (TPSA) is 44.5 Å². The quantitative estimate of drug-likeness (QED) is 0.829. The first kappa shape index (κ1) is 11.8. The number of rotatable bonds is 1. The van der Waals surface area contributed by atoms with Gasteiger partial charge in [0, 0.05) is 18.0 Å². The summed E-state index contributed by atoms with van der Waals surface area (Å²) in [5.74, 6) is 2.39. The summed E-state index contributed by atoms with van der Waals surface area (Å²) >= 11 is 0. The molecule has 1 aliphatic heterocycles. The summed E-state index contributed by atoms with van der Waals surface area (Å²) in [5.41, 5.74) is 7.41. The Labute approximate surface area is 108 Å². The van der Waals surface area contributed by atoms with Crippen molar-refractivity contribution in [3.05, 3.63) is 23.8 Å². The molecule has 0 amide bonds. The van der Waals surface area contributed by atoms with Crippen LogP contribution in [0.5, 0.6) is 11.5 Å². The van der Waals surface area contributed by atoms with Gasteiger partial charge < -0.3 is 15.2 Å². The van der Waals surface area contributed by atoms with Crippen molar-refractivity contribution in [3.8, 4) is 11.5 Å². The second kappa shape index (κ2) is 4.16. The number of benzene rings is 1. The van der Waals surface area contributed by atoms with Crippen LogP contribution >= 0.6 is 0 Å². The van der Waals surface area contributed by atoms with E-state index in [1.165, 1.54) is 12.8 Å². The summed E-state index contributed by atoms with van der Waals surface area (Å²) < 4.78 is 11.6. The summed E-state index contributed by atoms with van der Waals surface area (Å²) in [5, 5.41) is 0. The molecule has 3 heteroatoms. The predicted molar refractivity (Wildman–Crippen MR) is 70.9 cm³/mol. The average Bonchev–Trinajstić information content (AvgIpc) is 2.70. The van der Waals surface area contributed by atoms with E-state index < -0.39 is 0 Å². The van der Waals surface area contributed by atoms with Crippen LogP contribution in [0, 0.1) is 5.92 Å². The Morgan fingerprint density at radius 1 is 1.44 bits per heavy atom. The highest BCUT2D eigenvalue weighted by Gasteiger charge is 2.46. The van der Waals surface area contributed by atoms with Gasteiger partial charge in [0.25, 0.3) is 0 Å². The Morgan fingerprint density at radius 3 is 2.94 bits per heavy atom. The van der Waals surface area contributed by atoms with Gasteiger partial charge in [-0.15, -0.1) is 0 Å². The van der Waals surface area contributed by atoms with Gasteiger partial charge >= 0.3 is 0 Å². The molecule has 18 heavy (non-hydrogen) atoms. The van der Waals surface area contributed by atoms with Crippen LogP contribution in [0.2, 0.25) is 0 Å². The van der Waals surface area contributed by atoms with Crippen LogP contribution in [0.3, 0.4) is 0 Å². The zero-order valence-corrected chi connectivity index (χ0v) is 11.1. The standard InChI is InChI=1S/C15H21NO2/c1-10-4-3-7-15(10)9-13(16)12-8-11(17-2)5-6-14(12)18-15/h5-6,8,10,13H,3-4,7,9,16H2,1-2H3/t10?,13-,15?/m1/s1. The molecule has 1 saturated carbocycles. The van der Waals surface area contributed by atoms with E-state index in [9.17, 15) is 0 Å². The minimum Gasteiger partial charge on any atom is -0.497 e. The number of fused-ring (bicyclic) bond motifs is 1. The molecular weight excluding hydrogens is 226 g/mol. The Kier molecular flexibility index (Phi) is 2.74. The number of nitrogens with two attached hydrogens (primary N) is 1. The minimum atomic E-state index is -0.0268. The van der Waals surface area contributed by atoms with Crippen molar-refractivity contribution >= 4 is 0 Å². The molecule has 2 unspecified atom stereocenters. The fraction of sp³-hybridized carbons (Fsp3) is 0.600. The zero-order chi connectivity index (χ0) is 12.8. The molecule has 1 aromatic rings. The highest BCUT2D eigenvalue weighted by atomic mass is 16.5. The summed E-state index contributed by atoms with van der Waals surface area (Å²) in [6.07, 6.45) is 4.55. The Hall–Kier alpha value is -1.22. The first-order chi connectivity index (χ1) is 8.64. The highest BCUT2D eigenvalue weighted by Crippen LogP contribution is 2.49. The summed E-state index contributed by atoms with van der Waals surface area (Å²) in [6.45, 7) is 2.29. The molecule has 0 radical (unpaired) electrons. The molecule has 1 aromatic carbocycles. The van der Waals surface area contributed by atoms with Crippen molar-refractivity contribution in [2.24, 2.45) is 11.7 Å². The van der Waals surface area contributed by atoms with Crippen molar-refractivity contribution in [1.82, 2.24) is 0 Å². The van der Waals surface area contributed by atoms with E-state index in [0.29, 0.717) is 5.92 Å². The van der Waals surface area contributed by atoms with E-state index in [2.05, 4.69) is 6.92 Å². The first-order valence-electron chi connectivity index (χ1n) is 6.77. The largest absolute Gasteiger partial charge is 0.497 e. The van der Waals surface area contributed by atoms with Crippen LogP contribution in [0.4, 0.5) is 0 Å². The molecule has 2 aliphatic rings. The Balaban J connectivity index is 1.98. The summed E-state index contributed by atoms with van der Waals surface area (Å²) in [7, 11) is 1.68. The Morgan fingerprint density at radius 2 is 2.28 bits per heavy atom. The fourth-order valence-corrected chi connectivity index (χ4v) is 3.45. The van der Waals surface area contributed by atoms with Crippen LogP contribution < -0.4 is 15.2 Å².